The number of hydrogen-bond acceptors (Lipinski definition) is 27. The summed E-state index contributed by atoms with van der Waals surface area (Å²) in [6.07, 6.45) is -23.5. The molecule has 29 heteroatoms. The SMILES string of the molecule is O=C(O)CC(=O)OC[C@H]1O[C@@H](Oc2cc3c(O)cc(O[C@@H]4OC(COC(=O)/C=C/c5ccc(O[C@@H]6O[C@H](COC(=O)/C=C/c7ccc(O)c(O)c7)[C@H](O)C(O)C6O)c(O)c5)[C@@H](O)[C@H](O)C4O)cc3[o+]c2-c2ccc(O)cc2)C(O)C(O)[C@H]1O. The van der Waals surface area contributed by atoms with E-state index in [2.05, 4.69) is 0 Å². The number of benzene rings is 4. The lowest BCUT2D eigenvalue weighted by molar-refractivity contribution is -0.278. The number of fused-ring (bicyclic) bond motifs is 1. The molecule has 4 heterocycles. The van der Waals surface area contributed by atoms with Crippen LogP contribution in [0.15, 0.2) is 95.4 Å². The average molecular weight is 1170 g/mol. The molecule has 3 aliphatic heterocycles. The van der Waals surface area contributed by atoms with E-state index in [1.165, 1.54) is 78.9 Å². The minimum absolute atomic E-state index is 0.0933. The summed E-state index contributed by atoms with van der Waals surface area (Å²) in [5.74, 6) is -7.72. The molecule has 15 atom stereocenters. The van der Waals surface area contributed by atoms with E-state index >= 15 is 0 Å². The fourth-order valence-corrected chi connectivity index (χ4v) is 8.47. The molecule has 0 saturated carbocycles. The molecule has 29 nitrogen and oxygen atoms in total. The first-order chi connectivity index (χ1) is 39.4. The first kappa shape index (κ1) is 60.7. The molecule has 5 aromatic rings. The van der Waals surface area contributed by atoms with Crippen molar-refractivity contribution in [3.8, 4) is 57.3 Å². The van der Waals surface area contributed by atoms with Crippen LogP contribution in [0.2, 0.25) is 0 Å². The quantitative estimate of drug-likeness (QED) is 0.0118. The van der Waals surface area contributed by atoms with Gasteiger partial charge in [-0.05, 0) is 71.8 Å². The summed E-state index contributed by atoms with van der Waals surface area (Å²) in [7, 11) is 0. The van der Waals surface area contributed by atoms with Crippen LogP contribution < -0.4 is 14.2 Å². The fraction of sp³-hybridized carbons (Fsp3) is 0.352. The molecule has 83 heavy (non-hydrogen) atoms. The molecule has 0 spiro atoms. The maximum Gasteiger partial charge on any atom is 0.402 e. The topological polar surface area (TPSA) is 466 Å². The highest BCUT2D eigenvalue weighted by molar-refractivity contribution is 5.90. The number of carboxylic acid groups (broad SMARTS) is 1. The number of phenolic OH excluding ortho intramolecular Hbond substituents is 5. The van der Waals surface area contributed by atoms with Crippen molar-refractivity contribution in [2.45, 2.75) is 98.5 Å². The predicted octanol–water partition coefficient (Wildman–Crippen LogP) is -1.00. The van der Waals surface area contributed by atoms with Crippen molar-refractivity contribution in [2.75, 3.05) is 19.8 Å². The van der Waals surface area contributed by atoms with Crippen molar-refractivity contribution < 1.29 is 143 Å². The van der Waals surface area contributed by atoms with Gasteiger partial charge < -0.3 is 119 Å². The number of carbonyl (C=O) groups excluding carboxylic acids is 3. The Bertz CT molecular complexity index is 3200. The molecule has 15 N–H and O–H groups in total. The van der Waals surface area contributed by atoms with Gasteiger partial charge in [-0.3, -0.25) is 9.59 Å². The van der Waals surface area contributed by atoms with Crippen molar-refractivity contribution in [1.29, 1.82) is 0 Å². The van der Waals surface area contributed by atoms with Crippen molar-refractivity contribution in [1.82, 2.24) is 0 Å². The third-order valence-electron chi connectivity index (χ3n) is 13.0. The van der Waals surface area contributed by atoms with E-state index in [1.807, 2.05) is 0 Å². The second-order valence-electron chi connectivity index (χ2n) is 18.9. The van der Waals surface area contributed by atoms with Gasteiger partial charge in [0, 0.05) is 24.3 Å². The van der Waals surface area contributed by atoms with E-state index < -0.39 is 159 Å². The number of ether oxygens (including phenoxy) is 9. The van der Waals surface area contributed by atoms with Gasteiger partial charge in [0.2, 0.25) is 24.6 Å². The monoisotopic (exact) mass is 1170 g/mol. The first-order valence-corrected chi connectivity index (χ1v) is 24.9. The summed E-state index contributed by atoms with van der Waals surface area (Å²) in [5.41, 5.74) is 0.579. The first-order valence-electron chi connectivity index (χ1n) is 24.9. The van der Waals surface area contributed by atoms with E-state index in [1.54, 1.807) is 0 Å². The zero-order valence-corrected chi connectivity index (χ0v) is 42.7. The molecule has 0 amide bonds. The third-order valence-corrected chi connectivity index (χ3v) is 13.0. The number of rotatable bonds is 19. The van der Waals surface area contributed by atoms with Gasteiger partial charge in [0.05, 0.1) is 11.6 Å². The Morgan fingerprint density at radius 3 is 1.47 bits per heavy atom. The summed E-state index contributed by atoms with van der Waals surface area (Å²) in [6.45, 7) is -2.13. The summed E-state index contributed by atoms with van der Waals surface area (Å²) < 4.78 is 55.5. The van der Waals surface area contributed by atoms with Gasteiger partial charge >= 0.3 is 35.2 Å². The second-order valence-corrected chi connectivity index (χ2v) is 18.9. The van der Waals surface area contributed by atoms with Crippen LogP contribution >= 0.6 is 0 Å². The molecule has 444 valence electrons. The maximum absolute atomic E-state index is 12.9. The molecular weight excluding hydrogens is 1110 g/mol. The van der Waals surface area contributed by atoms with Crippen LogP contribution in [0.1, 0.15) is 17.5 Å². The Hall–Kier alpha value is -8.43. The molecule has 8 rings (SSSR count). The maximum atomic E-state index is 12.9. The molecule has 3 fully saturated rings. The lowest BCUT2D eigenvalue weighted by Crippen LogP contribution is -2.60. The zero-order chi connectivity index (χ0) is 60.0. The number of aliphatic hydroxyl groups excluding tert-OH is 9. The van der Waals surface area contributed by atoms with E-state index in [0.717, 1.165) is 24.3 Å². The smallest absolute Gasteiger partial charge is 0.402 e. The fourth-order valence-electron chi connectivity index (χ4n) is 8.47. The molecule has 6 unspecified atom stereocenters. The summed E-state index contributed by atoms with van der Waals surface area (Å²) in [6, 6.07) is 16.2. The number of carboxylic acids is 1. The van der Waals surface area contributed by atoms with Crippen molar-refractivity contribution >= 4 is 47.0 Å². The minimum Gasteiger partial charge on any atom is -0.508 e. The normalized spacial score (nSPS) is 28.1. The van der Waals surface area contributed by atoms with Gasteiger partial charge in [0.25, 0.3) is 0 Å². The summed E-state index contributed by atoms with van der Waals surface area (Å²) in [4.78, 5) is 48.0. The Morgan fingerprint density at radius 2 is 0.964 bits per heavy atom. The predicted molar refractivity (Wildman–Crippen MR) is 272 cm³/mol. The lowest BCUT2D eigenvalue weighted by atomic mass is 9.99. The zero-order valence-electron chi connectivity index (χ0n) is 42.7. The van der Waals surface area contributed by atoms with Crippen LogP contribution in [-0.2, 0) is 47.6 Å². The largest absolute Gasteiger partial charge is 0.508 e. The third kappa shape index (κ3) is 14.6. The van der Waals surface area contributed by atoms with Crippen molar-refractivity contribution in [2.24, 2.45) is 0 Å². The van der Waals surface area contributed by atoms with Crippen LogP contribution in [0.25, 0.3) is 34.4 Å². The molecule has 3 saturated heterocycles. The van der Waals surface area contributed by atoms with Crippen molar-refractivity contribution in [3.63, 3.8) is 0 Å². The van der Waals surface area contributed by atoms with Gasteiger partial charge in [-0.2, -0.15) is 0 Å². The molecule has 0 aliphatic carbocycles. The van der Waals surface area contributed by atoms with Crippen LogP contribution in [-0.4, -0.2) is 212 Å². The lowest BCUT2D eigenvalue weighted by Gasteiger charge is -2.39. The Balaban J connectivity index is 0.888. The number of carbonyl (C=O) groups is 4. The summed E-state index contributed by atoms with van der Waals surface area (Å²) in [5, 5.41) is 156. The molecule has 3 aliphatic rings. The van der Waals surface area contributed by atoms with E-state index in [-0.39, 0.29) is 56.6 Å². The van der Waals surface area contributed by atoms with Gasteiger partial charge in [0.1, 0.15) is 122 Å². The van der Waals surface area contributed by atoms with Gasteiger partial charge in [0.15, 0.2) is 23.0 Å². The Morgan fingerprint density at radius 1 is 0.482 bits per heavy atom. The van der Waals surface area contributed by atoms with Crippen LogP contribution in [0.5, 0.6) is 46.0 Å². The van der Waals surface area contributed by atoms with Crippen LogP contribution in [0.3, 0.4) is 0 Å². The highest BCUT2D eigenvalue weighted by atomic mass is 16.7. The highest BCUT2D eigenvalue weighted by Gasteiger charge is 2.49. The Labute approximate surface area is 466 Å². The number of esters is 3. The second kappa shape index (κ2) is 26.2. The molecule has 0 radical (unpaired) electrons. The van der Waals surface area contributed by atoms with E-state index in [0.29, 0.717) is 5.56 Å². The standard InChI is InChI=1S/C54H54O29/c55-25-7-5-24(6-8-25)51-34(80-54-50(73)47(70)44(67)37(83-54)21-76-41(64)18-38(60)61)17-27-29(57)15-26(16-33(27)78-51)77-52-48(71)45(68)42(65)35(81-52)19-74-40(63)12-4-23-2-10-32(31(59)14-23)79-53-49(72)46(69)43(66)36(82-53)20-75-39(62)11-3-22-1-9-28(56)30(58)13-22/h1-17,35-37,42-50,52-54,65-73H,18-21H2,(H5-,55,56,57,58,59,60,61,62)/p+1/b12-4+/t35?,36-,37-,42-,43+,44+,45+,46?,47?,48?,49?,50?,52-,53-,54-/m1/s1. The molecule has 1 aromatic heterocycles. The Kier molecular flexibility index (Phi) is 19.2. The van der Waals surface area contributed by atoms with Gasteiger partial charge in [-0.25, -0.2) is 14.0 Å². The number of hydrogen-bond donors (Lipinski definition) is 15. The van der Waals surface area contributed by atoms with E-state index in [9.17, 15) is 90.7 Å². The number of aromatic hydroxyl groups is 5. The van der Waals surface area contributed by atoms with Crippen LogP contribution in [0, 0.1) is 0 Å². The van der Waals surface area contributed by atoms with Gasteiger partial charge in [-0.15, -0.1) is 0 Å². The average Bonchev–Trinajstić information content (AvgIpc) is 3.62. The molecule has 0 bridgehead atoms. The van der Waals surface area contributed by atoms with Crippen molar-refractivity contribution in [3.05, 3.63) is 102 Å². The minimum atomic E-state index is -1.96. The molecular formula is C54H55O29+. The summed E-state index contributed by atoms with van der Waals surface area (Å²) >= 11 is 0. The molecule has 4 aromatic carbocycles. The number of aliphatic hydroxyl groups is 9. The van der Waals surface area contributed by atoms with E-state index in [4.69, 9.17) is 52.2 Å². The number of phenols is 5. The van der Waals surface area contributed by atoms with Gasteiger partial charge in [-0.1, -0.05) is 12.1 Å². The highest BCUT2D eigenvalue weighted by Crippen LogP contribution is 2.42. The van der Waals surface area contributed by atoms with Crippen LogP contribution in [0.4, 0.5) is 0 Å². The number of aliphatic carboxylic acids is 1.